The number of rotatable bonds is 1. The molecule has 0 spiro atoms. The Balaban J connectivity index is 2.93. The maximum absolute atomic E-state index is 11.6. The van der Waals surface area contributed by atoms with E-state index >= 15 is 0 Å². The van der Waals surface area contributed by atoms with Crippen molar-refractivity contribution >= 4 is 20.6 Å². The summed E-state index contributed by atoms with van der Waals surface area (Å²) >= 11 is 0. The lowest BCUT2D eigenvalue weighted by atomic mass is 10.2. The van der Waals surface area contributed by atoms with Crippen molar-refractivity contribution in [2.75, 3.05) is 6.26 Å². The number of aromatic nitrogens is 1. The summed E-state index contributed by atoms with van der Waals surface area (Å²) in [6.45, 7) is 0. The van der Waals surface area contributed by atoms with Crippen LogP contribution < -0.4 is 0 Å². The third kappa shape index (κ3) is 1.26. The van der Waals surface area contributed by atoms with Crippen LogP contribution in [-0.4, -0.2) is 20.4 Å². The lowest BCUT2D eigenvalue weighted by Gasteiger charge is -1.96. The van der Waals surface area contributed by atoms with Crippen LogP contribution in [0, 0.1) is 4.78 Å². The van der Waals surface area contributed by atoms with Crippen LogP contribution in [0.15, 0.2) is 35.4 Å². The molecule has 1 heterocycles. The summed E-state index contributed by atoms with van der Waals surface area (Å²) in [5.41, 5.74) is 0.573. The molecule has 0 radical (unpaired) electrons. The van der Waals surface area contributed by atoms with E-state index in [0.29, 0.717) is 15.8 Å². The quantitative estimate of drug-likeness (QED) is 0.706. The fourth-order valence-electron chi connectivity index (χ4n) is 1.44. The van der Waals surface area contributed by atoms with Crippen LogP contribution in [0.2, 0.25) is 0 Å². The summed E-state index contributed by atoms with van der Waals surface area (Å²) in [4.78, 5) is 0.371. The number of hydrogen-bond acceptors (Lipinski definition) is 3. The molecule has 5 heteroatoms. The molecule has 0 bridgehead atoms. The van der Waals surface area contributed by atoms with Crippen molar-refractivity contribution in [2.24, 2.45) is 0 Å². The Morgan fingerprint density at radius 3 is 2.71 bits per heavy atom. The van der Waals surface area contributed by atoms with Crippen molar-refractivity contribution in [1.82, 2.24) is 4.73 Å². The van der Waals surface area contributed by atoms with Gasteiger partial charge in [-0.1, -0.05) is 18.2 Å². The van der Waals surface area contributed by atoms with Crippen LogP contribution in [0.3, 0.4) is 0 Å². The van der Waals surface area contributed by atoms with Gasteiger partial charge in [-0.25, -0.2) is 8.99 Å². The van der Waals surface area contributed by atoms with Crippen molar-refractivity contribution in [2.45, 2.75) is 4.90 Å². The highest BCUT2D eigenvalue weighted by Crippen LogP contribution is 2.24. The molecule has 0 aliphatic rings. The maximum atomic E-state index is 11.6. The third-order valence-electron chi connectivity index (χ3n) is 2.08. The van der Waals surface area contributed by atoms with Crippen molar-refractivity contribution in [3.63, 3.8) is 0 Å². The Morgan fingerprint density at radius 2 is 2.07 bits per heavy atom. The SMILES string of the molecule is CS(=N)(=O)c1cn(O)c2ccccc12. The minimum Gasteiger partial charge on any atom is -0.428 e. The van der Waals surface area contributed by atoms with E-state index in [0.717, 1.165) is 4.73 Å². The Kier molecular flexibility index (Phi) is 1.78. The molecule has 1 atom stereocenters. The number of nitrogens with one attached hydrogen (secondary N) is 1. The van der Waals surface area contributed by atoms with E-state index in [-0.39, 0.29) is 0 Å². The fourth-order valence-corrected chi connectivity index (χ4v) is 2.34. The van der Waals surface area contributed by atoms with Crippen LogP contribution in [0.5, 0.6) is 0 Å². The van der Waals surface area contributed by atoms with Gasteiger partial charge in [0.25, 0.3) is 0 Å². The minimum absolute atomic E-state index is 0.371. The molecule has 2 aromatic rings. The number of para-hydroxylation sites is 1. The Labute approximate surface area is 81.7 Å². The highest BCUT2D eigenvalue weighted by atomic mass is 32.2. The van der Waals surface area contributed by atoms with E-state index in [1.807, 2.05) is 0 Å². The fraction of sp³-hybridized carbons (Fsp3) is 0.111. The first-order valence-corrected chi connectivity index (χ1v) is 6.00. The molecule has 4 nitrogen and oxygen atoms in total. The van der Waals surface area contributed by atoms with Gasteiger partial charge in [-0.15, -0.1) is 0 Å². The second-order valence-corrected chi connectivity index (χ2v) is 5.33. The normalized spacial score (nSPS) is 15.5. The average Bonchev–Trinajstić information content (AvgIpc) is 2.44. The first-order valence-electron chi connectivity index (χ1n) is 4.03. The summed E-state index contributed by atoms with van der Waals surface area (Å²) in [5.74, 6) is 0. The van der Waals surface area contributed by atoms with Crippen molar-refractivity contribution < 1.29 is 9.42 Å². The van der Waals surface area contributed by atoms with Gasteiger partial charge < -0.3 is 5.21 Å². The van der Waals surface area contributed by atoms with Crippen molar-refractivity contribution in [1.29, 1.82) is 4.78 Å². The second kappa shape index (κ2) is 2.75. The van der Waals surface area contributed by atoms with Gasteiger partial charge in [0.05, 0.1) is 26.3 Å². The van der Waals surface area contributed by atoms with Crippen LogP contribution in [0.25, 0.3) is 10.9 Å². The largest absolute Gasteiger partial charge is 0.428 e. The zero-order chi connectivity index (χ0) is 10.3. The highest BCUT2D eigenvalue weighted by molar-refractivity contribution is 7.92. The molecule has 1 aromatic carbocycles. The Bertz CT molecular complexity index is 584. The highest BCUT2D eigenvalue weighted by Gasteiger charge is 2.12. The minimum atomic E-state index is -2.79. The van der Waals surface area contributed by atoms with E-state index in [1.54, 1.807) is 24.3 Å². The van der Waals surface area contributed by atoms with Crippen LogP contribution in [-0.2, 0) is 9.73 Å². The number of benzene rings is 1. The molecule has 1 unspecified atom stereocenters. The van der Waals surface area contributed by atoms with Gasteiger partial charge in [-0.3, -0.25) is 0 Å². The molecule has 0 amide bonds. The lowest BCUT2D eigenvalue weighted by molar-refractivity contribution is 0.199. The molecule has 1 aromatic heterocycles. The summed E-state index contributed by atoms with van der Waals surface area (Å²) < 4.78 is 19.9. The number of nitrogens with zero attached hydrogens (tertiary/aromatic N) is 1. The second-order valence-electron chi connectivity index (χ2n) is 3.20. The monoisotopic (exact) mass is 210 g/mol. The van der Waals surface area contributed by atoms with Gasteiger partial charge in [-0.2, -0.15) is 4.73 Å². The topological polar surface area (TPSA) is 66.1 Å². The first kappa shape index (κ1) is 9.08. The molecule has 2 N–H and O–H groups in total. The zero-order valence-electron chi connectivity index (χ0n) is 7.60. The van der Waals surface area contributed by atoms with E-state index in [4.69, 9.17) is 4.78 Å². The van der Waals surface area contributed by atoms with Crippen LogP contribution in [0.1, 0.15) is 0 Å². The summed E-state index contributed by atoms with van der Waals surface area (Å²) in [5, 5.41) is 10.1. The van der Waals surface area contributed by atoms with Gasteiger partial charge in [0, 0.05) is 11.6 Å². The Hall–Kier alpha value is -1.49. The zero-order valence-corrected chi connectivity index (χ0v) is 8.41. The molecule has 0 saturated heterocycles. The standard InChI is InChI=1S/C9H10N2O2S/c1-14(10,13)9-6-11(12)8-5-3-2-4-7(8)9/h2-6,10,12H,1H3. The number of hydrogen-bond donors (Lipinski definition) is 2. The van der Waals surface area contributed by atoms with E-state index in [9.17, 15) is 9.42 Å². The van der Waals surface area contributed by atoms with Gasteiger partial charge in [-0.05, 0) is 6.07 Å². The molecule has 0 aliphatic carbocycles. The van der Waals surface area contributed by atoms with Crippen LogP contribution in [0.4, 0.5) is 0 Å². The molecular weight excluding hydrogens is 200 g/mol. The van der Waals surface area contributed by atoms with Gasteiger partial charge >= 0.3 is 0 Å². The number of fused-ring (bicyclic) bond motifs is 1. The third-order valence-corrected chi connectivity index (χ3v) is 3.24. The summed E-state index contributed by atoms with van der Waals surface area (Å²) in [6, 6.07) is 7.02. The van der Waals surface area contributed by atoms with Crippen molar-refractivity contribution in [3.8, 4) is 0 Å². The molecule has 0 fully saturated rings. The Morgan fingerprint density at radius 1 is 1.43 bits per heavy atom. The average molecular weight is 210 g/mol. The van der Waals surface area contributed by atoms with Gasteiger partial charge in [0.15, 0.2) is 0 Å². The smallest absolute Gasteiger partial charge is 0.0878 e. The molecule has 74 valence electrons. The van der Waals surface area contributed by atoms with E-state index < -0.39 is 9.73 Å². The summed E-state index contributed by atoms with van der Waals surface area (Å²) in [6.07, 6.45) is 2.68. The van der Waals surface area contributed by atoms with E-state index in [1.165, 1.54) is 12.5 Å². The predicted octanol–water partition coefficient (Wildman–Crippen LogP) is 1.91. The lowest BCUT2D eigenvalue weighted by Crippen LogP contribution is -1.93. The molecule has 14 heavy (non-hydrogen) atoms. The van der Waals surface area contributed by atoms with Gasteiger partial charge in [0.1, 0.15) is 0 Å². The van der Waals surface area contributed by atoms with E-state index in [2.05, 4.69) is 0 Å². The predicted molar refractivity (Wildman–Crippen MR) is 54.2 cm³/mol. The maximum Gasteiger partial charge on any atom is 0.0878 e. The summed E-state index contributed by atoms with van der Waals surface area (Å²) in [7, 11) is -2.79. The first-order chi connectivity index (χ1) is 6.50. The van der Waals surface area contributed by atoms with Gasteiger partial charge in [0.2, 0.25) is 0 Å². The molecule has 0 aliphatic heterocycles. The molecule has 0 saturated carbocycles. The molecular formula is C9H10N2O2S. The molecule has 2 rings (SSSR count). The van der Waals surface area contributed by atoms with Crippen LogP contribution >= 0.6 is 0 Å². The van der Waals surface area contributed by atoms with Crippen molar-refractivity contribution in [3.05, 3.63) is 30.5 Å².